The van der Waals surface area contributed by atoms with E-state index in [4.69, 9.17) is 27.9 Å². The molecule has 4 heteroatoms. The van der Waals surface area contributed by atoms with Crippen molar-refractivity contribution in [1.82, 2.24) is 5.32 Å². The standard InChI is InChI=1S/C15H19Cl2NO/c1-9(12-8-11(16)4-5-13(12)17)18-14-6-7-19-15(14)10-2-3-10/h4-5,8-10,14-15,18H,2-3,6-7H2,1H3. The second kappa shape index (κ2) is 5.61. The Morgan fingerprint density at radius 1 is 1.26 bits per heavy atom. The van der Waals surface area contributed by atoms with Crippen molar-refractivity contribution in [3.63, 3.8) is 0 Å². The van der Waals surface area contributed by atoms with Gasteiger partial charge in [0.1, 0.15) is 0 Å². The Morgan fingerprint density at radius 2 is 2.05 bits per heavy atom. The van der Waals surface area contributed by atoms with Gasteiger partial charge in [0.2, 0.25) is 0 Å². The van der Waals surface area contributed by atoms with Crippen LogP contribution in [0.5, 0.6) is 0 Å². The summed E-state index contributed by atoms with van der Waals surface area (Å²) in [7, 11) is 0. The van der Waals surface area contributed by atoms with Crippen molar-refractivity contribution in [2.45, 2.75) is 44.4 Å². The molecule has 0 radical (unpaired) electrons. The minimum Gasteiger partial charge on any atom is -0.376 e. The molecule has 1 aliphatic heterocycles. The zero-order valence-corrected chi connectivity index (χ0v) is 12.5. The van der Waals surface area contributed by atoms with Crippen molar-refractivity contribution in [2.24, 2.45) is 5.92 Å². The van der Waals surface area contributed by atoms with E-state index in [-0.39, 0.29) is 6.04 Å². The molecule has 19 heavy (non-hydrogen) atoms. The predicted octanol–water partition coefficient (Wildman–Crippen LogP) is 4.21. The monoisotopic (exact) mass is 299 g/mol. The van der Waals surface area contributed by atoms with Crippen LogP contribution in [-0.4, -0.2) is 18.8 Å². The summed E-state index contributed by atoms with van der Waals surface area (Å²) in [6.45, 7) is 3.01. The molecule has 1 N–H and O–H groups in total. The number of rotatable bonds is 4. The summed E-state index contributed by atoms with van der Waals surface area (Å²) in [4.78, 5) is 0. The maximum atomic E-state index is 6.26. The molecule has 0 aromatic heterocycles. The fourth-order valence-electron chi connectivity index (χ4n) is 2.94. The molecule has 2 fully saturated rings. The average molecular weight is 300 g/mol. The molecule has 1 aromatic carbocycles. The first-order chi connectivity index (χ1) is 9.15. The van der Waals surface area contributed by atoms with E-state index in [0.29, 0.717) is 12.1 Å². The van der Waals surface area contributed by atoms with Crippen LogP contribution in [0.3, 0.4) is 0 Å². The van der Waals surface area contributed by atoms with Crippen LogP contribution in [0.2, 0.25) is 10.0 Å². The molecule has 1 saturated heterocycles. The van der Waals surface area contributed by atoms with Gasteiger partial charge in [-0.25, -0.2) is 0 Å². The Balaban J connectivity index is 1.70. The summed E-state index contributed by atoms with van der Waals surface area (Å²) < 4.78 is 5.86. The highest BCUT2D eigenvalue weighted by Gasteiger charge is 2.40. The third-order valence-corrected chi connectivity index (χ3v) is 4.69. The van der Waals surface area contributed by atoms with Gasteiger partial charge in [0, 0.05) is 28.7 Å². The molecule has 2 aliphatic rings. The zero-order chi connectivity index (χ0) is 13.4. The Labute approximate surface area is 124 Å². The SMILES string of the molecule is CC(NC1CCOC1C1CC1)c1cc(Cl)ccc1Cl. The fourth-order valence-corrected chi connectivity index (χ4v) is 3.40. The lowest BCUT2D eigenvalue weighted by Gasteiger charge is -2.25. The lowest BCUT2D eigenvalue weighted by molar-refractivity contribution is 0.0793. The first-order valence-corrected chi connectivity index (χ1v) is 7.73. The number of nitrogens with one attached hydrogen (secondary N) is 1. The van der Waals surface area contributed by atoms with Gasteiger partial charge in [0.25, 0.3) is 0 Å². The maximum absolute atomic E-state index is 6.26. The highest BCUT2D eigenvalue weighted by Crippen LogP contribution is 2.39. The molecule has 1 aromatic rings. The van der Waals surface area contributed by atoms with Crippen LogP contribution in [0.15, 0.2) is 18.2 Å². The smallest absolute Gasteiger partial charge is 0.0757 e. The maximum Gasteiger partial charge on any atom is 0.0757 e. The summed E-state index contributed by atoms with van der Waals surface area (Å²) in [5.74, 6) is 0.766. The molecule has 2 nitrogen and oxygen atoms in total. The van der Waals surface area contributed by atoms with Gasteiger partial charge in [0.05, 0.1) is 6.10 Å². The van der Waals surface area contributed by atoms with Crippen LogP contribution in [-0.2, 0) is 4.74 Å². The second-order valence-electron chi connectivity index (χ2n) is 5.62. The lowest BCUT2D eigenvalue weighted by Crippen LogP contribution is -2.39. The van der Waals surface area contributed by atoms with Crippen molar-refractivity contribution in [3.05, 3.63) is 33.8 Å². The van der Waals surface area contributed by atoms with Crippen LogP contribution >= 0.6 is 23.2 Å². The van der Waals surface area contributed by atoms with E-state index >= 15 is 0 Å². The quantitative estimate of drug-likeness (QED) is 0.899. The number of halogens is 2. The molecule has 1 saturated carbocycles. The molecule has 1 heterocycles. The van der Waals surface area contributed by atoms with Gasteiger partial charge < -0.3 is 10.1 Å². The van der Waals surface area contributed by atoms with E-state index in [1.807, 2.05) is 18.2 Å². The van der Waals surface area contributed by atoms with E-state index in [0.717, 1.165) is 34.6 Å². The molecule has 3 unspecified atom stereocenters. The molecule has 1 aliphatic carbocycles. The van der Waals surface area contributed by atoms with Crippen LogP contribution in [0.1, 0.15) is 37.8 Å². The van der Waals surface area contributed by atoms with Gasteiger partial charge in [-0.3, -0.25) is 0 Å². The molecule has 0 bridgehead atoms. The van der Waals surface area contributed by atoms with E-state index in [1.165, 1.54) is 12.8 Å². The number of benzene rings is 1. The van der Waals surface area contributed by atoms with Crippen LogP contribution in [0, 0.1) is 5.92 Å². The highest BCUT2D eigenvalue weighted by molar-refractivity contribution is 6.33. The molecule has 3 rings (SSSR count). The molecule has 104 valence electrons. The highest BCUT2D eigenvalue weighted by atomic mass is 35.5. The Kier molecular flexibility index (Phi) is 4.04. The first-order valence-electron chi connectivity index (χ1n) is 6.98. The van der Waals surface area contributed by atoms with Gasteiger partial charge in [-0.1, -0.05) is 23.2 Å². The van der Waals surface area contributed by atoms with E-state index in [9.17, 15) is 0 Å². The van der Waals surface area contributed by atoms with Gasteiger partial charge >= 0.3 is 0 Å². The summed E-state index contributed by atoms with van der Waals surface area (Å²) in [6.07, 6.45) is 4.11. The average Bonchev–Trinajstić information content (AvgIpc) is 3.13. The van der Waals surface area contributed by atoms with Crippen molar-refractivity contribution >= 4 is 23.2 Å². The first kappa shape index (κ1) is 13.7. The molecular weight excluding hydrogens is 281 g/mol. The van der Waals surface area contributed by atoms with E-state index in [1.54, 1.807) is 0 Å². The Morgan fingerprint density at radius 3 is 2.79 bits per heavy atom. The van der Waals surface area contributed by atoms with Crippen LogP contribution in [0.25, 0.3) is 0 Å². The van der Waals surface area contributed by atoms with Crippen molar-refractivity contribution in [1.29, 1.82) is 0 Å². The Hall–Kier alpha value is -0.280. The number of hydrogen-bond donors (Lipinski definition) is 1. The third-order valence-electron chi connectivity index (χ3n) is 4.11. The lowest BCUT2D eigenvalue weighted by atomic mass is 10.0. The summed E-state index contributed by atoms with van der Waals surface area (Å²) in [5.41, 5.74) is 1.07. The minimum absolute atomic E-state index is 0.194. The predicted molar refractivity (Wildman–Crippen MR) is 78.9 cm³/mol. The van der Waals surface area contributed by atoms with Crippen molar-refractivity contribution in [2.75, 3.05) is 6.61 Å². The van der Waals surface area contributed by atoms with Gasteiger partial charge in [0.15, 0.2) is 0 Å². The fraction of sp³-hybridized carbons (Fsp3) is 0.600. The van der Waals surface area contributed by atoms with Crippen LogP contribution in [0.4, 0.5) is 0 Å². The molecule has 0 spiro atoms. The topological polar surface area (TPSA) is 21.3 Å². The molecule has 0 amide bonds. The van der Waals surface area contributed by atoms with Crippen molar-refractivity contribution in [3.8, 4) is 0 Å². The van der Waals surface area contributed by atoms with Gasteiger partial charge in [-0.15, -0.1) is 0 Å². The zero-order valence-electron chi connectivity index (χ0n) is 11.0. The largest absolute Gasteiger partial charge is 0.376 e. The number of hydrogen-bond acceptors (Lipinski definition) is 2. The molecule has 3 atom stereocenters. The van der Waals surface area contributed by atoms with E-state index < -0.39 is 0 Å². The van der Waals surface area contributed by atoms with Crippen LogP contribution < -0.4 is 5.32 Å². The van der Waals surface area contributed by atoms with Crippen molar-refractivity contribution < 1.29 is 4.74 Å². The van der Waals surface area contributed by atoms with Gasteiger partial charge in [-0.2, -0.15) is 0 Å². The minimum atomic E-state index is 0.194. The summed E-state index contributed by atoms with van der Waals surface area (Å²) in [5, 5.41) is 5.17. The second-order valence-corrected chi connectivity index (χ2v) is 6.47. The Bertz CT molecular complexity index is 461. The summed E-state index contributed by atoms with van der Waals surface area (Å²) >= 11 is 12.3. The molecular formula is C15H19Cl2NO. The third kappa shape index (κ3) is 3.08. The number of ether oxygens (including phenoxy) is 1. The normalized spacial score (nSPS) is 28.6. The van der Waals surface area contributed by atoms with Gasteiger partial charge in [-0.05, 0) is 55.9 Å². The van der Waals surface area contributed by atoms with E-state index in [2.05, 4.69) is 12.2 Å². The summed E-state index contributed by atoms with van der Waals surface area (Å²) in [6, 6.07) is 6.27.